The largest absolute Gasteiger partial charge is 4.00 e. The van der Waals surface area contributed by atoms with Gasteiger partial charge >= 0.3 is 23.9 Å². The molecule has 13 heteroatoms. The van der Waals surface area contributed by atoms with Gasteiger partial charge in [-0.3, -0.25) is 0 Å². The van der Waals surface area contributed by atoms with Gasteiger partial charge in [-0.25, -0.2) is 0 Å². The van der Waals surface area contributed by atoms with E-state index < -0.39 is 0 Å². The third-order valence-electron chi connectivity index (χ3n) is 1.33. The third-order valence-corrected chi connectivity index (χ3v) is 2.48. The van der Waals surface area contributed by atoms with E-state index in [1.165, 1.54) is 0 Å². The van der Waals surface area contributed by atoms with Crippen molar-refractivity contribution in [3.05, 3.63) is 0 Å². The Balaban J connectivity index is -0.000000295. The molecule has 0 aromatic rings. The predicted molar refractivity (Wildman–Crippen MR) is 118 cm³/mol. The maximum Gasteiger partial charge on any atom is 4.00 e. The van der Waals surface area contributed by atoms with Gasteiger partial charge in [-0.1, -0.05) is 17.3 Å². The Kier molecular flexibility index (Phi) is 24.9. The van der Waals surface area contributed by atoms with Crippen molar-refractivity contribution in [2.24, 2.45) is 0 Å². The molecule has 4 N–H and O–H groups in total. The maximum absolute atomic E-state index is 4.59. The molecule has 0 aliphatic carbocycles. The maximum atomic E-state index is 4.59. The Morgan fingerprint density at radius 1 is 0.524 bits per heavy atom. The van der Waals surface area contributed by atoms with Crippen LogP contribution in [0.5, 0.6) is 0 Å². The van der Waals surface area contributed by atoms with Crippen LogP contribution in [0.1, 0.15) is 0 Å². The van der Waals surface area contributed by atoms with Crippen molar-refractivity contribution in [3.63, 3.8) is 0 Å². The van der Waals surface area contributed by atoms with Gasteiger partial charge in [-0.05, 0) is 0 Å². The standard InChI is InChI=1S/2C4H8N2S4.Sn/c2*7-3(8)5-1-2-6-4(9)10;/h2*1-2H2,(H2,5,7,8)(H2,6,9,10);/q;;+4/p-4. The molecule has 0 aromatic carbocycles. The van der Waals surface area contributed by atoms with Crippen LogP contribution < -0.4 is 21.3 Å². The van der Waals surface area contributed by atoms with Gasteiger partial charge in [-0.15, -0.1) is 0 Å². The molecule has 0 amide bonds. The van der Waals surface area contributed by atoms with Gasteiger partial charge in [0.2, 0.25) is 0 Å². The summed E-state index contributed by atoms with van der Waals surface area (Å²) in [5.74, 6) is 0. The van der Waals surface area contributed by atoms with Crippen molar-refractivity contribution in [2.75, 3.05) is 26.2 Å². The molecule has 0 saturated carbocycles. The number of hydrogen-bond acceptors (Lipinski definition) is 8. The van der Waals surface area contributed by atoms with Gasteiger partial charge in [0.05, 0.1) is 0 Å². The normalized spacial score (nSPS) is 8.00. The summed E-state index contributed by atoms with van der Waals surface area (Å²) in [4.78, 5) is 0. The van der Waals surface area contributed by atoms with E-state index in [4.69, 9.17) is 0 Å². The Hall–Kier alpha value is 1.24. The zero-order chi connectivity index (χ0) is 16.0. The van der Waals surface area contributed by atoms with E-state index in [1.807, 2.05) is 0 Å². The number of nitrogens with one attached hydrogen (secondary N) is 4. The molecule has 0 bridgehead atoms. The summed E-state index contributed by atoms with van der Waals surface area (Å²) in [6.07, 6.45) is 0. The van der Waals surface area contributed by atoms with Gasteiger partial charge in [0.15, 0.2) is 0 Å². The summed E-state index contributed by atoms with van der Waals surface area (Å²) in [6.45, 7) is 2.66. The van der Waals surface area contributed by atoms with Gasteiger partial charge in [-0.2, -0.15) is 0 Å². The van der Waals surface area contributed by atoms with E-state index in [9.17, 15) is 0 Å². The smallest absolute Gasteiger partial charge is 0.412 e. The van der Waals surface area contributed by atoms with E-state index in [-0.39, 0.29) is 23.9 Å². The van der Waals surface area contributed by atoms with Crippen molar-refractivity contribution < 1.29 is 0 Å². The summed E-state index contributed by atoms with van der Waals surface area (Å²) in [5, 5.41) is 11.1. The van der Waals surface area contributed by atoms with Gasteiger partial charge in [0.25, 0.3) is 0 Å². The molecule has 0 radical (unpaired) electrons. The molecule has 0 spiro atoms. The zero-order valence-corrected chi connectivity index (χ0v) is 20.0. The van der Waals surface area contributed by atoms with E-state index >= 15 is 0 Å². The summed E-state index contributed by atoms with van der Waals surface area (Å²) >= 11 is 36.7. The fourth-order valence-corrected chi connectivity index (χ4v) is 1.47. The molecule has 4 nitrogen and oxygen atoms in total. The molecule has 0 rings (SSSR count). The molecular weight excluding hydrogens is 527 g/mol. The summed E-state index contributed by atoms with van der Waals surface area (Å²) < 4.78 is 1.49. The Morgan fingerprint density at radius 2 is 0.667 bits per heavy atom. The fourth-order valence-electron chi connectivity index (χ4n) is 0.658. The average molecular weight is 539 g/mol. The minimum atomic E-state index is 0. The zero-order valence-electron chi connectivity index (χ0n) is 10.6. The summed E-state index contributed by atoms with van der Waals surface area (Å²) in [7, 11) is 0. The Bertz CT molecular complexity index is 276. The van der Waals surface area contributed by atoms with Gasteiger partial charge in [0.1, 0.15) is 0 Å². The first-order chi connectivity index (χ1) is 9.25. The summed E-state index contributed by atoms with van der Waals surface area (Å²) in [5.41, 5.74) is 0. The van der Waals surface area contributed by atoms with E-state index in [2.05, 4.69) is 121 Å². The minimum absolute atomic E-state index is 0. The average Bonchev–Trinajstić information content (AvgIpc) is 2.30. The second-order valence-electron chi connectivity index (χ2n) is 2.86. The molecule has 116 valence electrons. The first-order valence-electron chi connectivity index (χ1n) is 5.05. The molecule has 21 heavy (non-hydrogen) atoms. The molecular formula is C8H12N4S8Sn. The van der Waals surface area contributed by atoms with Gasteiger partial charge in [0, 0.05) is 26.2 Å². The topological polar surface area (TPSA) is 48.1 Å². The second-order valence-corrected chi connectivity index (χ2v) is 7.16. The Morgan fingerprint density at radius 3 is 0.762 bits per heavy atom. The van der Waals surface area contributed by atoms with Crippen LogP contribution in [0.25, 0.3) is 0 Å². The minimum Gasteiger partial charge on any atom is -0.412 e. The SMILES string of the molecule is S=C([S-])NCCNC(=S)[S-].S=C([S-])NCCNC(=S)[S-].[Sn+4]. The van der Waals surface area contributed by atoms with Gasteiger partial charge < -0.3 is 121 Å². The van der Waals surface area contributed by atoms with E-state index in [0.29, 0.717) is 43.5 Å². The van der Waals surface area contributed by atoms with Crippen LogP contribution in [0.3, 0.4) is 0 Å². The molecule has 0 heterocycles. The van der Waals surface area contributed by atoms with E-state index in [1.54, 1.807) is 0 Å². The molecule has 0 aromatic heterocycles. The van der Waals surface area contributed by atoms with Crippen molar-refractivity contribution in [2.45, 2.75) is 0 Å². The molecule has 0 fully saturated rings. The first-order valence-corrected chi connectivity index (χ1v) is 8.31. The molecule has 0 saturated heterocycles. The van der Waals surface area contributed by atoms with Crippen LogP contribution in [0.2, 0.25) is 0 Å². The fraction of sp³-hybridized carbons (Fsp3) is 0.500. The van der Waals surface area contributed by atoms with Crippen molar-refractivity contribution in [1.82, 2.24) is 21.3 Å². The van der Waals surface area contributed by atoms with Crippen LogP contribution in [0, 0.1) is 0 Å². The van der Waals surface area contributed by atoms with Crippen LogP contribution in [-0.4, -0.2) is 67.4 Å². The number of thiocarbonyl (C=S) groups is 4. The van der Waals surface area contributed by atoms with E-state index in [0.717, 1.165) is 0 Å². The number of rotatable bonds is 6. The number of hydrogen-bond donors (Lipinski definition) is 4. The molecule has 0 unspecified atom stereocenters. The monoisotopic (exact) mass is 540 g/mol. The molecule has 0 aliphatic heterocycles. The van der Waals surface area contributed by atoms with Crippen LogP contribution in [0.15, 0.2) is 0 Å². The van der Waals surface area contributed by atoms with Crippen molar-refractivity contribution in [1.29, 1.82) is 0 Å². The first kappa shape index (κ1) is 27.1. The van der Waals surface area contributed by atoms with Crippen LogP contribution in [0.4, 0.5) is 0 Å². The summed E-state index contributed by atoms with van der Waals surface area (Å²) in [6, 6.07) is 0. The van der Waals surface area contributed by atoms with Crippen LogP contribution in [-0.2, 0) is 50.5 Å². The third kappa shape index (κ3) is 33.9. The quantitative estimate of drug-likeness (QED) is 0.149. The molecule has 0 aliphatic rings. The molecule has 0 atom stereocenters. The predicted octanol–water partition coefficient (Wildman–Crippen LogP) is -0.722. The van der Waals surface area contributed by atoms with Crippen LogP contribution >= 0.6 is 48.9 Å². The second kappa shape index (κ2) is 19.3. The van der Waals surface area contributed by atoms with Crippen molar-refractivity contribution in [3.8, 4) is 0 Å². The van der Waals surface area contributed by atoms with Crippen molar-refractivity contribution >= 4 is 141 Å². The Labute approximate surface area is 186 Å².